The number of benzene rings is 2. The van der Waals surface area contributed by atoms with Crippen molar-refractivity contribution in [1.82, 2.24) is 0 Å². The van der Waals surface area contributed by atoms with Crippen LogP contribution in [0.2, 0.25) is 0 Å². The van der Waals surface area contributed by atoms with Gasteiger partial charge in [0.1, 0.15) is 0 Å². The van der Waals surface area contributed by atoms with Crippen LogP contribution in [0.4, 0.5) is 0 Å². The molecule has 2 aromatic rings. The molecule has 108 valence electrons. The zero-order chi connectivity index (χ0) is 15.4. The van der Waals surface area contributed by atoms with Gasteiger partial charge in [-0.3, -0.25) is 0 Å². The smallest absolute Gasteiger partial charge is 0.00305 e. The van der Waals surface area contributed by atoms with Crippen LogP contribution in [0, 0.1) is 0 Å². The van der Waals surface area contributed by atoms with E-state index in [9.17, 15) is 0 Å². The maximum Gasteiger partial charge on any atom is -0.00305 e. The third kappa shape index (κ3) is 2.85. The molecular weight excluding hydrogens is 252 g/mol. The second-order valence-corrected chi connectivity index (χ2v) is 5.48. The van der Waals surface area contributed by atoms with Crippen molar-refractivity contribution in [3.63, 3.8) is 0 Å². The first-order valence-electron chi connectivity index (χ1n) is 7.63. The van der Waals surface area contributed by atoms with Crippen molar-refractivity contribution in [3.05, 3.63) is 66.3 Å². The van der Waals surface area contributed by atoms with E-state index in [4.69, 9.17) is 0 Å². The molecule has 0 aliphatic carbocycles. The molecular formula is C21H24. The highest BCUT2D eigenvalue weighted by molar-refractivity contribution is 6.02. The van der Waals surface area contributed by atoms with E-state index in [2.05, 4.69) is 70.3 Å². The number of fused-ring (bicyclic) bond motifs is 1. The second-order valence-electron chi connectivity index (χ2n) is 5.48. The molecule has 0 amide bonds. The summed E-state index contributed by atoms with van der Waals surface area (Å²) in [6.45, 7) is 14.6. The van der Waals surface area contributed by atoms with Gasteiger partial charge in [-0.15, -0.1) is 0 Å². The Kier molecular flexibility index (Phi) is 4.80. The lowest BCUT2D eigenvalue weighted by Crippen LogP contribution is -1.95. The monoisotopic (exact) mass is 276 g/mol. The van der Waals surface area contributed by atoms with Crippen molar-refractivity contribution in [2.45, 2.75) is 33.6 Å². The Morgan fingerprint density at radius 3 is 2.52 bits per heavy atom. The van der Waals surface area contributed by atoms with Crippen molar-refractivity contribution in [2.75, 3.05) is 0 Å². The Balaban J connectivity index is 2.88. The Morgan fingerprint density at radius 2 is 1.95 bits per heavy atom. The second kappa shape index (κ2) is 6.58. The number of rotatable bonds is 5. The van der Waals surface area contributed by atoms with E-state index in [0.717, 1.165) is 18.4 Å². The van der Waals surface area contributed by atoms with Gasteiger partial charge in [-0.2, -0.15) is 0 Å². The molecule has 0 heterocycles. The topological polar surface area (TPSA) is 0 Å². The SMILES string of the molecule is C=Cc1cccc2ccc(/C(=C\C)CCC)c(C(=C)C)c12. The van der Waals surface area contributed by atoms with Crippen LogP contribution in [-0.4, -0.2) is 0 Å². The summed E-state index contributed by atoms with van der Waals surface area (Å²) in [4.78, 5) is 0. The maximum absolute atomic E-state index is 4.23. The van der Waals surface area contributed by atoms with Gasteiger partial charge in [0.05, 0.1) is 0 Å². The molecule has 0 heteroatoms. The van der Waals surface area contributed by atoms with Crippen molar-refractivity contribution < 1.29 is 0 Å². The van der Waals surface area contributed by atoms with Gasteiger partial charge >= 0.3 is 0 Å². The first kappa shape index (κ1) is 15.3. The van der Waals surface area contributed by atoms with Crippen molar-refractivity contribution in [1.29, 1.82) is 0 Å². The Bertz CT molecular complexity index is 714. The minimum absolute atomic E-state index is 1.10. The molecule has 0 aromatic heterocycles. The summed E-state index contributed by atoms with van der Waals surface area (Å²) in [5, 5.41) is 2.52. The predicted octanol–water partition coefficient (Wildman–Crippen LogP) is 6.72. The van der Waals surface area contributed by atoms with Gasteiger partial charge in [0.2, 0.25) is 0 Å². The molecule has 0 unspecified atom stereocenters. The molecule has 0 bridgehead atoms. The Labute approximate surface area is 128 Å². The van der Waals surface area contributed by atoms with E-state index in [1.165, 1.54) is 33.0 Å². The molecule has 0 atom stereocenters. The van der Waals surface area contributed by atoms with Gasteiger partial charge < -0.3 is 0 Å². The molecule has 2 rings (SSSR count). The lowest BCUT2D eigenvalue weighted by molar-refractivity contribution is 0.972. The van der Waals surface area contributed by atoms with Crippen LogP contribution >= 0.6 is 0 Å². The molecule has 0 radical (unpaired) electrons. The van der Waals surface area contributed by atoms with E-state index in [1.807, 2.05) is 6.08 Å². The van der Waals surface area contributed by atoms with Crippen LogP contribution in [0.3, 0.4) is 0 Å². The molecule has 2 aromatic carbocycles. The molecule has 0 spiro atoms. The van der Waals surface area contributed by atoms with Crippen molar-refractivity contribution in [3.8, 4) is 0 Å². The summed E-state index contributed by atoms with van der Waals surface area (Å²) in [6, 6.07) is 10.8. The fourth-order valence-corrected chi connectivity index (χ4v) is 2.99. The van der Waals surface area contributed by atoms with Crippen LogP contribution in [0.25, 0.3) is 28.0 Å². The summed E-state index contributed by atoms with van der Waals surface area (Å²) in [5.41, 5.74) is 6.27. The average molecular weight is 276 g/mol. The lowest BCUT2D eigenvalue weighted by atomic mass is 9.87. The third-order valence-electron chi connectivity index (χ3n) is 3.94. The summed E-state index contributed by atoms with van der Waals surface area (Å²) in [5.74, 6) is 0. The number of hydrogen-bond acceptors (Lipinski definition) is 0. The first-order chi connectivity index (χ1) is 10.1. The molecule has 0 aliphatic heterocycles. The zero-order valence-electron chi connectivity index (χ0n) is 13.4. The number of hydrogen-bond donors (Lipinski definition) is 0. The molecule has 0 aliphatic rings. The summed E-state index contributed by atoms with van der Waals surface area (Å²) < 4.78 is 0. The normalized spacial score (nSPS) is 11.7. The fraction of sp³-hybridized carbons (Fsp3) is 0.238. The molecule has 21 heavy (non-hydrogen) atoms. The molecule has 0 fully saturated rings. The van der Waals surface area contributed by atoms with E-state index in [1.54, 1.807) is 0 Å². The highest BCUT2D eigenvalue weighted by atomic mass is 14.2. The van der Waals surface area contributed by atoms with Crippen LogP contribution in [0.15, 0.2) is 49.6 Å². The Morgan fingerprint density at radius 1 is 1.19 bits per heavy atom. The van der Waals surface area contributed by atoms with Gasteiger partial charge in [0, 0.05) is 0 Å². The average Bonchev–Trinajstić information content (AvgIpc) is 2.50. The van der Waals surface area contributed by atoms with E-state index in [0.29, 0.717) is 0 Å². The highest BCUT2D eigenvalue weighted by Crippen LogP contribution is 2.35. The molecule has 0 N–H and O–H groups in total. The minimum atomic E-state index is 1.10. The van der Waals surface area contributed by atoms with E-state index >= 15 is 0 Å². The minimum Gasteiger partial charge on any atom is -0.0984 e. The van der Waals surface area contributed by atoms with Crippen molar-refractivity contribution >= 4 is 28.0 Å². The molecule has 0 saturated carbocycles. The van der Waals surface area contributed by atoms with Gasteiger partial charge in [-0.05, 0) is 58.9 Å². The molecule has 0 nitrogen and oxygen atoms in total. The summed E-state index contributed by atoms with van der Waals surface area (Å²) in [7, 11) is 0. The summed E-state index contributed by atoms with van der Waals surface area (Å²) in [6.07, 6.45) is 6.41. The van der Waals surface area contributed by atoms with Gasteiger partial charge in [-0.25, -0.2) is 0 Å². The lowest BCUT2D eigenvalue weighted by Gasteiger charge is -2.17. The standard InChI is InChI=1S/C21H24/c1-6-10-16(7-2)19-14-13-18-12-9-11-17(8-3)21(18)20(19)15(4)5/h7-9,11-14H,3-4,6,10H2,1-2,5H3/b16-7-. The number of allylic oxidation sites excluding steroid dienone is 3. The quantitative estimate of drug-likeness (QED) is 0.568. The third-order valence-corrected chi connectivity index (χ3v) is 3.94. The van der Waals surface area contributed by atoms with Crippen LogP contribution in [0.5, 0.6) is 0 Å². The van der Waals surface area contributed by atoms with Crippen molar-refractivity contribution in [2.24, 2.45) is 0 Å². The zero-order valence-corrected chi connectivity index (χ0v) is 13.4. The maximum atomic E-state index is 4.23. The van der Waals surface area contributed by atoms with Gasteiger partial charge in [0.25, 0.3) is 0 Å². The van der Waals surface area contributed by atoms with Gasteiger partial charge in [0.15, 0.2) is 0 Å². The predicted molar refractivity (Wildman–Crippen MR) is 97.3 cm³/mol. The molecule has 0 saturated heterocycles. The largest absolute Gasteiger partial charge is 0.0984 e. The Hall–Kier alpha value is -2.08. The van der Waals surface area contributed by atoms with Gasteiger partial charge in [-0.1, -0.05) is 69.0 Å². The fourth-order valence-electron chi connectivity index (χ4n) is 2.99. The van der Waals surface area contributed by atoms with E-state index in [-0.39, 0.29) is 0 Å². The first-order valence-corrected chi connectivity index (χ1v) is 7.63. The summed E-state index contributed by atoms with van der Waals surface area (Å²) >= 11 is 0. The van der Waals surface area contributed by atoms with Crippen LogP contribution in [-0.2, 0) is 0 Å². The van der Waals surface area contributed by atoms with E-state index < -0.39 is 0 Å². The highest BCUT2D eigenvalue weighted by Gasteiger charge is 2.13. The van der Waals surface area contributed by atoms with Crippen LogP contribution in [0.1, 0.15) is 50.3 Å². The van der Waals surface area contributed by atoms with Crippen LogP contribution < -0.4 is 0 Å².